The molecule has 1 aromatic heterocycles. The lowest BCUT2D eigenvalue weighted by Gasteiger charge is -2.12. The second kappa shape index (κ2) is 16.5. The molecule has 242 valence electrons. The zero-order valence-electron chi connectivity index (χ0n) is 26.4. The van der Waals surface area contributed by atoms with Crippen molar-refractivity contribution in [3.63, 3.8) is 0 Å². The first-order valence-corrected chi connectivity index (χ1v) is 15.8. The predicted octanol–water partition coefficient (Wildman–Crippen LogP) is 8.23. The summed E-state index contributed by atoms with van der Waals surface area (Å²) >= 11 is 0. The number of esters is 1. The van der Waals surface area contributed by atoms with Crippen LogP contribution in [0.1, 0.15) is 55.8 Å². The number of hydrogen-bond donors (Lipinski definition) is 5. The summed E-state index contributed by atoms with van der Waals surface area (Å²) in [7, 11) is 0. The van der Waals surface area contributed by atoms with Gasteiger partial charge in [-0.15, -0.1) is 0 Å². The number of rotatable bonds is 16. The van der Waals surface area contributed by atoms with Gasteiger partial charge in [-0.3, -0.25) is 0 Å². The molecule has 0 saturated heterocycles. The normalized spacial score (nSPS) is 10.7. The standard InChI is InChI=1S/C36H40N8O3/c1-2-3-4-5-6-7-24-46-31-20-8-25(9-21-31)33(45)47-32-22-18-30(19-23-32)41-36-43-34(39-28-14-10-26(37)11-15-28)42-35(44-36)40-29-16-12-27(38)13-17-29/h8-23H,2-7,24,37-38H2,1H3,(H3,39,40,41,42,43,44). The van der Waals surface area contributed by atoms with E-state index in [1.807, 2.05) is 24.3 Å². The number of nitrogens with two attached hydrogens (primary N) is 2. The van der Waals surface area contributed by atoms with Crippen LogP contribution in [0, 0.1) is 0 Å². The van der Waals surface area contributed by atoms with Crippen molar-refractivity contribution in [2.24, 2.45) is 0 Å². The fraction of sp³-hybridized carbons (Fsp3) is 0.222. The smallest absolute Gasteiger partial charge is 0.343 e. The van der Waals surface area contributed by atoms with Crippen molar-refractivity contribution in [1.29, 1.82) is 0 Å². The predicted molar refractivity (Wildman–Crippen MR) is 188 cm³/mol. The van der Waals surface area contributed by atoms with E-state index in [-0.39, 0.29) is 0 Å². The minimum absolute atomic E-state index is 0.291. The molecule has 0 aliphatic rings. The molecule has 7 N–H and O–H groups in total. The van der Waals surface area contributed by atoms with Crippen molar-refractivity contribution in [1.82, 2.24) is 15.0 Å². The lowest BCUT2D eigenvalue weighted by molar-refractivity contribution is 0.0734. The Kier molecular flexibility index (Phi) is 11.4. The Morgan fingerprint density at radius 3 is 1.49 bits per heavy atom. The van der Waals surface area contributed by atoms with E-state index >= 15 is 0 Å². The van der Waals surface area contributed by atoms with Gasteiger partial charge in [-0.05, 0) is 103 Å². The van der Waals surface area contributed by atoms with Crippen molar-refractivity contribution in [2.75, 3.05) is 34.0 Å². The van der Waals surface area contributed by atoms with Gasteiger partial charge in [0.15, 0.2) is 0 Å². The Morgan fingerprint density at radius 2 is 1.00 bits per heavy atom. The van der Waals surface area contributed by atoms with Crippen molar-refractivity contribution in [3.8, 4) is 11.5 Å². The summed E-state index contributed by atoms with van der Waals surface area (Å²) in [5.74, 6) is 1.60. The van der Waals surface area contributed by atoms with Crippen LogP contribution in [0.4, 0.5) is 46.3 Å². The summed E-state index contributed by atoms with van der Waals surface area (Å²) in [5.41, 5.74) is 15.6. The summed E-state index contributed by atoms with van der Waals surface area (Å²) < 4.78 is 11.4. The van der Waals surface area contributed by atoms with Crippen LogP contribution in [-0.2, 0) is 0 Å². The Bertz CT molecular complexity index is 1650. The highest BCUT2D eigenvalue weighted by Crippen LogP contribution is 2.24. The highest BCUT2D eigenvalue weighted by atomic mass is 16.5. The van der Waals surface area contributed by atoms with Gasteiger partial charge in [0, 0.05) is 28.4 Å². The topological polar surface area (TPSA) is 162 Å². The molecule has 0 unspecified atom stereocenters. The second-order valence-electron chi connectivity index (χ2n) is 11.0. The molecule has 0 amide bonds. The summed E-state index contributed by atoms with van der Waals surface area (Å²) in [4.78, 5) is 26.3. The van der Waals surface area contributed by atoms with Gasteiger partial charge in [0.25, 0.3) is 0 Å². The monoisotopic (exact) mass is 632 g/mol. The third-order valence-corrected chi connectivity index (χ3v) is 7.15. The molecule has 0 radical (unpaired) electrons. The van der Waals surface area contributed by atoms with Crippen LogP contribution >= 0.6 is 0 Å². The van der Waals surface area contributed by atoms with Gasteiger partial charge in [-0.25, -0.2) is 4.79 Å². The fourth-order valence-electron chi connectivity index (χ4n) is 4.60. The zero-order chi connectivity index (χ0) is 32.8. The maximum atomic E-state index is 12.8. The summed E-state index contributed by atoms with van der Waals surface area (Å²) in [6, 6.07) is 28.4. The van der Waals surface area contributed by atoms with E-state index in [0.717, 1.165) is 23.5 Å². The molecule has 5 aromatic rings. The van der Waals surface area contributed by atoms with Crippen LogP contribution < -0.4 is 36.9 Å². The van der Waals surface area contributed by atoms with Crippen molar-refractivity contribution < 1.29 is 14.3 Å². The molecular formula is C36H40N8O3. The third kappa shape index (κ3) is 10.4. The molecule has 0 bridgehead atoms. The number of nitrogen functional groups attached to an aromatic ring is 2. The molecule has 0 fully saturated rings. The third-order valence-electron chi connectivity index (χ3n) is 7.15. The van der Waals surface area contributed by atoms with E-state index < -0.39 is 5.97 Å². The molecule has 0 aliphatic carbocycles. The van der Waals surface area contributed by atoms with Gasteiger partial charge in [0.2, 0.25) is 17.8 Å². The lowest BCUT2D eigenvalue weighted by atomic mass is 10.1. The van der Waals surface area contributed by atoms with E-state index in [9.17, 15) is 4.79 Å². The SMILES string of the molecule is CCCCCCCCOc1ccc(C(=O)Oc2ccc(Nc3nc(Nc4ccc(N)cc4)nc(Nc4ccc(N)cc4)n3)cc2)cc1. The number of carbonyl (C=O) groups is 1. The molecule has 5 rings (SSSR count). The van der Waals surface area contributed by atoms with Crippen LogP contribution in [0.2, 0.25) is 0 Å². The summed E-state index contributed by atoms with van der Waals surface area (Å²) in [6.45, 7) is 2.88. The molecule has 0 saturated carbocycles. The molecule has 4 aromatic carbocycles. The minimum atomic E-state index is -0.456. The first-order chi connectivity index (χ1) is 22.9. The van der Waals surface area contributed by atoms with Crippen molar-refractivity contribution in [2.45, 2.75) is 45.4 Å². The number of anilines is 8. The number of hydrogen-bond acceptors (Lipinski definition) is 11. The average Bonchev–Trinajstić information content (AvgIpc) is 3.07. The van der Waals surface area contributed by atoms with E-state index in [1.54, 1.807) is 72.8 Å². The number of benzene rings is 4. The van der Waals surface area contributed by atoms with Crippen LogP contribution in [-0.4, -0.2) is 27.5 Å². The molecule has 11 heteroatoms. The first-order valence-electron chi connectivity index (χ1n) is 15.8. The molecule has 0 aliphatic heterocycles. The Morgan fingerprint density at radius 1 is 0.574 bits per heavy atom. The van der Waals surface area contributed by atoms with E-state index in [4.69, 9.17) is 20.9 Å². The van der Waals surface area contributed by atoms with Gasteiger partial charge in [0.05, 0.1) is 12.2 Å². The fourth-order valence-corrected chi connectivity index (χ4v) is 4.60. The number of ether oxygens (including phenoxy) is 2. The molecule has 0 atom stereocenters. The number of nitrogens with zero attached hydrogens (tertiary/aromatic N) is 3. The summed E-state index contributed by atoms with van der Waals surface area (Å²) in [6.07, 6.45) is 7.24. The highest BCUT2D eigenvalue weighted by Gasteiger charge is 2.11. The van der Waals surface area contributed by atoms with Crippen LogP contribution in [0.25, 0.3) is 0 Å². The zero-order valence-corrected chi connectivity index (χ0v) is 26.4. The molecule has 47 heavy (non-hydrogen) atoms. The van der Waals surface area contributed by atoms with E-state index in [1.165, 1.54) is 32.1 Å². The maximum absolute atomic E-state index is 12.8. The quantitative estimate of drug-likeness (QED) is 0.0308. The minimum Gasteiger partial charge on any atom is -0.494 e. The van der Waals surface area contributed by atoms with Gasteiger partial charge < -0.3 is 36.9 Å². The van der Waals surface area contributed by atoms with Gasteiger partial charge >= 0.3 is 5.97 Å². The van der Waals surface area contributed by atoms with Crippen LogP contribution in [0.15, 0.2) is 97.1 Å². The Balaban J connectivity index is 1.19. The lowest BCUT2D eigenvalue weighted by Crippen LogP contribution is -2.09. The van der Waals surface area contributed by atoms with Crippen LogP contribution in [0.3, 0.4) is 0 Å². The highest BCUT2D eigenvalue weighted by molar-refractivity contribution is 5.91. The average molecular weight is 633 g/mol. The number of nitrogens with one attached hydrogen (secondary N) is 3. The van der Waals surface area contributed by atoms with E-state index in [0.29, 0.717) is 52.8 Å². The second-order valence-corrected chi connectivity index (χ2v) is 11.0. The molecular weight excluding hydrogens is 592 g/mol. The summed E-state index contributed by atoms with van der Waals surface area (Å²) in [5, 5.41) is 9.55. The molecule has 11 nitrogen and oxygen atoms in total. The van der Waals surface area contributed by atoms with E-state index in [2.05, 4.69) is 37.8 Å². The number of carbonyl (C=O) groups excluding carboxylic acids is 1. The Hall–Kier alpha value is -5.84. The largest absolute Gasteiger partial charge is 0.494 e. The van der Waals surface area contributed by atoms with Gasteiger partial charge in [-0.2, -0.15) is 15.0 Å². The number of unbranched alkanes of at least 4 members (excludes halogenated alkanes) is 5. The van der Waals surface area contributed by atoms with Crippen molar-refractivity contribution in [3.05, 3.63) is 103 Å². The first kappa shape index (κ1) is 32.6. The maximum Gasteiger partial charge on any atom is 0.343 e. The Labute approximate surface area is 274 Å². The van der Waals surface area contributed by atoms with Crippen LogP contribution in [0.5, 0.6) is 11.5 Å². The van der Waals surface area contributed by atoms with Gasteiger partial charge in [-0.1, -0.05) is 39.0 Å². The van der Waals surface area contributed by atoms with Crippen molar-refractivity contribution >= 4 is 52.3 Å². The molecule has 0 spiro atoms. The molecule has 1 heterocycles. The van der Waals surface area contributed by atoms with Gasteiger partial charge in [0.1, 0.15) is 11.5 Å². The number of aromatic nitrogens is 3.